The molecule has 0 atom stereocenters. The highest BCUT2D eigenvalue weighted by Gasteiger charge is 1.98. The molecule has 0 spiro atoms. The third-order valence-corrected chi connectivity index (χ3v) is 4.09. The molecule has 2 N–H and O–H groups in total. The molecular weight excluding hydrogens is 280 g/mol. The fourth-order valence-electron chi connectivity index (χ4n) is 1.40. The van der Waals surface area contributed by atoms with E-state index >= 15 is 0 Å². The van der Waals surface area contributed by atoms with E-state index < -0.39 is 0 Å². The van der Waals surface area contributed by atoms with Crippen molar-refractivity contribution < 1.29 is 13.8 Å². The van der Waals surface area contributed by atoms with Crippen molar-refractivity contribution in [1.29, 1.82) is 0 Å². The molecule has 0 unspecified atom stereocenters. The van der Waals surface area contributed by atoms with Crippen LogP contribution in [-0.2, 0) is 15.1 Å². The largest absolute Gasteiger partial charge is 0.508 e. The maximum atomic E-state index is 9.15. The highest BCUT2D eigenvalue weighted by Crippen LogP contribution is 2.24. The maximum Gasteiger partial charge on any atom is 0.115 e. The lowest BCUT2D eigenvalue weighted by Gasteiger charge is -2.03. The van der Waals surface area contributed by atoms with E-state index in [0.29, 0.717) is 0 Å². The van der Waals surface area contributed by atoms with Gasteiger partial charge in [-0.1, -0.05) is 24.3 Å². The van der Waals surface area contributed by atoms with Gasteiger partial charge in [-0.2, -0.15) is 0 Å². The van der Waals surface area contributed by atoms with Crippen LogP contribution in [0.15, 0.2) is 48.5 Å². The fourth-order valence-corrected chi connectivity index (χ4v) is 2.72. The molecule has 0 aliphatic carbocycles. The summed E-state index contributed by atoms with van der Waals surface area (Å²) in [5, 5.41) is 18.3. The molecule has 0 aromatic heterocycles. The van der Waals surface area contributed by atoms with E-state index in [1.807, 2.05) is 24.3 Å². The van der Waals surface area contributed by atoms with Crippen LogP contribution in [0.4, 0.5) is 0 Å². The molecule has 0 saturated carbocycles. The number of phenolic OH excluding ortho intramolecular Hbond substituents is 2. The summed E-state index contributed by atoms with van der Waals surface area (Å²) in [7, 11) is 0. The molecule has 0 saturated heterocycles. The molecule has 2 aromatic carbocycles. The van der Waals surface area contributed by atoms with Crippen molar-refractivity contribution >= 4 is 24.1 Å². The lowest BCUT2D eigenvalue weighted by atomic mass is 10.2. The Morgan fingerprint density at radius 2 is 1.05 bits per heavy atom. The predicted molar refractivity (Wildman–Crippen MR) is 79.9 cm³/mol. The average Bonchev–Trinajstić information content (AvgIpc) is 2.43. The zero-order valence-corrected chi connectivity index (χ0v) is 11.8. The zero-order chi connectivity index (χ0) is 13.5. The third-order valence-electron chi connectivity index (χ3n) is 2.42. The Labute approximate surface area is 121 Å². The lowest BCUT2D eigenvalue weighted by Crippen LogP contribution is -1.81. The van der Waals surface area contributed by atoms with Gasteiger partial charge in [-0.05, 0) is 35.4 Å². The van der Waals surface area contributed by atoms with Crippen molar-refractivity contribution in [3.8, 4) is 11.5 Å². The zero-order valence-electron chi connectivity index (χ0n) is 10.2. The number of hydrogen-bond donors (Lipinski definition) is 2. The minimum absolute atomic E-state index is 0.274. The first-order valence-electron chi connectivity index (χ1n) is 5.71. The minimum atomic E-state index is 0.274. The van der Waals surface area contributed by atoms with Crippen LogP contribution in [-0.4, -0.2) is 10.2 Å². The topological polar surface area (TPSA) is 49.7 Å². The van der Waals surface area contributed by atoms with E-state index in [0.717, 1.165) is 22.6 Å². The van der Waals surface area contributed by atoms with Crippen molar-refractivity contribution in [2.24, 2.45) is 0 Å². The Kier molecular flexibility index (Phi) is 5.44. The maximum absolute atomic E-state index is 9.15. The molecule has 0 bridgehead atoms. The van der Waals surface area contributed by atoms with Crippen LogP contribution in [0.5, 0.6) is 11.5 Å². The number of phenols is 2. The number of hydrogen-bond acceptors (Lipinski definition) is 5. The Morgan fingerprint density at radius 1 is 0.684 bits per heavy atom. The molecule has 0 aliphatic rings. The summed E-state index contributed by atoms with van der Waals surface area (Å²) in [5.74, 6) is 2.03. The van der Waals surface area contributed by atoms with E-state index in [1.165, 1.54) is 24.1 Å². The molecule has 0 aliphatic heterocycles. The SMILES string of the molecule is Oc1ccc(CSOSCc2ccc(O)cc2)cc1. The van der Waals surface area contributed by atoms with Crippen LogP contribution < -0.4 is 0 Å². The van der Waals surface area contributed by atoms with Crippen LogP contribution >= 0.6 is 24.1 Å². The first kappa shape index (κ1) is 14.1. The molecular formula is C14H14O3S2. The lowest BCUT2D eigenvalue weighted by molar-refractivity contribution is 0.474. The van der Waals surface area contributed by atoms with Crippen molar-refractivity contribution in [2.45, 2.75) is 11.5 Å². The molecule has 0 heterocycles. The van der Waals surface area contributed by atoms with Gasteiger partial charge in [-0.25, -0.2) is 3.63 Å². The van der Waals surface area contributed by atoms with Crippen molar-refractivity contribution in [1.82, 2.24) is 0 Å². The molecule has 0 radical (unpaired) electrons. The normalized spacial score (nSPS) is 10.5. The summed E-state index contributed by atoms with van der Waals surface area (Å²) < 4.78 is 5.41. The minimum Gasteiger partial charge on any atom is -0.508 e. The number of rotatable bonds is 6. The molecule has 2 rings (SSSR count). The van der Waals surface area contributed by atoms with Crippen LogP contribution in [0.25, 0.3) is 0 Å². The van der Waals surface area contributed by atoms with E-state index in [-0.39, 0.29) is 11.5 Å². The standard InChI is InChI=1S/C14H14O3S2/c15-13-5-1-11(2-6-13)9-18-17-19-10-12-3-7-14(16)8-4-12/h1-8,15-16H,9-10H2. The molecule has 2 aromatic rings. The molecule has 0 fully saturated rings. The summed E-state index contributed by atoms with van der Waals surface area (Å²) in [6.45, 7) is 0. The van der Waals surface area contributed by atoms with E-state index in [1.54, 1.807) is 24.3 Å². The van der Waals surface area contributed by atoms with E-state index in [2.05, 4.69) is 0 Å². The monoisotopic (exact) mass is 294 g/mol. The molecule has 5 heteroatoms. The second-order valence-electron chi connectivity index (χ2n) is 3.93. The van der Waals surface area contributed by atoms with Crippen LogP contribution in [0.1, 0.15) is 11.1 Å². The quantitative estimate of drug-likeness (QED) is 0.620. The van der Waals surface area contributed by atoms with Gasteiger partial charge < -0.3 is 10.2 Å². The Hall–Kier alpha value is -1.30. The van der Waals surface area contributed by atoms with Gasteiger partial charge in [0.15, 0.2) is 0 Å². The second-order valence-corrected chi connectivity index (χ2v) is 5.52. The Balaban J connectivity index is 1.64. The predicted octanol–water partition coefficient (Wildman–Crippen LogP) is 4.11. The Bertz CT molecular complexity index is 450. The van der Waals surface area contributed by atoms with Gasteiger partial charge in [0.1, 0.15) is 11.5 Å². The highest BCUT2D eigenvalue weighted by molar-refractivity contribution is 8.07. The summed E-state index contributed by atoms with van der Waals surface area (Å²) in [5.41, 5.74) is 2.21. The Morgan fingerprint density at radius 3 is 1.42 bits per heavy atom. The second kappa shape index (κ2) is 7.33. The van der Waals surface area contributed by atoms with Crippen molar-refractivity contribution in [3.63, 3.8) is 0 Å². The van der Waals surface area contributed by atoms with Gasteiger partial charge >= 0.3 is 0 Å². The van der Waals surface area contributed by atoms with Gasteiger partial charge in [0.25, 0.3) is 0 Å². The molecule has 3 nitrogen and oxygen atoms in total. The summed E-state index contributed by atoms with van der Waals surface area (Å²) >= 11 is 2.73. The van der Waals surface area contributed by atoms with Crippen molar-refractivity contribution in [2.75, 3.05) is 0 Å². The number of benzene rings is 2. The van der Waals surface area contributed by atoms with E-state index in [4.69, 9.17) is 13.8 Å². The molecule has 19 heavy (non-hydrogen) atoms. The number of aromatic hydroxyl groups is 2. The van der Waals surface area contributed by atoms with Gasteiger partial charge in [0.2, 0.25) is 0 Å². The smallest absolute Gasteiger partial charge is 0.115 e. The van der Waals surface area contributed by atoms with Gasteiger partial charge in [-0.15, -0.1) is 0 Å². The summed E-state index contributed by atoms with van der Waals surface area (Å²) in [6, 6.07) is 14.2. The first-order valence-corrected chi connectivity index (χ1v) is 7.53. The first-order chi connectivity index (χ1) is 9.24. The van der Waals surface area contributed by atoms with Crippen LogP contribution in [0, 0.1) is 0 Å². The van der Waals surface area contributed by atoms with Crippen LogP contribution in [0.2, 0.25) is 0 Å². The van der Waals surface area contributed by atoms with Crippen molar-refractivity contribution in [3.05, 3.63) is 59.7 Å². The highest BCUT2D eigenvalue weighted by atomic mass is 32.2. The fraction of sp³-hybridized carbons (Fsp3) is 0.143. The van der Waals surface area contributed by atoms with E-state index in [9.17, 15) is 0 Å². The van der Waals surface area contributed by atoms with Crippen LogP contribution in [0.3, 0.4) is 0 Å². The van der Waals surface area contributed by atoms with Gasteiger partial charge in [0.05, 0.1) is 0 Å². The molecule has 0 amide bonds. The summed E-state index contributed by atoms with van der Waals surface area (Å²) in [6.07, 6.45) is 0. The summed E-state index contributed by atoms with van der Waals surface area (Å²) in [4.78, 5) is 0. The van der Waals surface area contributed by atoms with Gasteiger partial charge in [-0.3, -0.25) is 0 Å². The molecule has 100 valence electrons. The third kappa shape index (κ3) is 5.06. The average molecular weight is 294 g/mol. The van der Waals surface area contributed by atoms with Gasteiger partial charge in [0, 0.05) is 35.6 Å².